The highest BCUT2D eigenvalue weighted by atomic mass is 19.1. The maximum atomic E-state index is 14.1. The minimum Gasteiger partial charge on any atom is -0.445 e. The van der Waals surface area contributed by atoms with Crippen LogP contribution in [-0.4, -0.2) is 89.1 Å². The van der Waals surface area contributed by atoms with Gasteiger partial charge in [-0.1, -0.05) is 74.9 Å². The number of piperazine rings is 1. The Morgan fingerprint density at radius 2 is 1.65 bits per heavy atom. The number of carbonyl (C=O) groups excluding carboxylic acids is 3. The highest BCUT2D eigenvalue weighted by molar-refractivity contribution is 5.82. The number of benzene rings is 3. The molecule has 1 saturated heterocycles. The number of nitrogens with one attached hydrogen (secondary N) is 1. The van der Waals surface area contributed by atoms with Gasteiger partial charge in [-0.25, -0.2) is 13.6 Å². The summed E-state index contributed by atoms with van der Waals surface area (Å²) in [6, 6.07) is 19.0. The Labute approximate surface area is 281 Å². The van der Waals surface area contributed by atoms with E-state index in [1.807, 2.05) is 61.5 Å². The highest BCUT2D eigenvalue weighted by Gasteiger charge is 2.30. The van der Waals surface area contributed by atoms with Gasteiger partial charge in [0.15, 0.2) is 0 Å². The van der Waals surface area contributed by atoms with Crippen molar-refractivity contribution < 1.29 is 33.0 Å². The Morgan fingerprint density at radius 3 is 2.33 bits per heavy atom. The standard InChI is InChI=1S/C37H46F2N4O5/c1-3-5-14-42-16-15-41(25-36(42)46)24-35(45)40-33(20-30-18-31(38)21-32(39)19-30)34(44)23-43(22-29-13-9-12-27(4-2)17-29)37(47)48-26-28-10-7-6-8-11-28/h6-13,17-19,21,33-34,44H,3-5,14-16,20,22-26H2,1-2H3,(H,40,45). The van der Waals surface area contributed by atoms with Crippen LogP contribution >= 0.6 is 0 Å². The first-order valence-corrected chi connectivity index (χ1v) is 16.6. The summed E-state index contributed by atoms with van der Waals surface area (Å²) in [5.41, 5.74) is 2.93. The number of ether oxygens (including phenoxy) is 1. The van der Waals surface area contributed by atoms with Crippen LogP contribution in [0.15, 0.2) is 72.8 Å². The second kappa shape index (κ2) is 18.3. The lowest BCUT2D eigenvalue weighted by atomic mass is 10.00. The molecule has 11 heteroatoms. The average molecular weight is 665 g/mol. The molecule has 3 amide bonds. The molecule has 2 unspecified atom stereocenters. The van der Waals surface area contributed by atoms with Crippen LogP contribution in [0.3, 0.4) is 0 Å². The summed E-state index contributed by atoms with van der Waals surface area (Å²) in [6.07, 6.45) is 0.568. The molecule has 2 N–H and O–H groups in total. The van der Waals surface area contributed by atoms with Crippen LogP contribution in [0.1, 0.15) is 48.9 Å². The maximum Gasteiger partial charge on any atom is 0.410 e. The smallest absolute Gasteiger partial charge is 0.410 e. The number of aliphatic hydroxyl groups is 1. The van der Waals surface area contributed by atoms with Crippen LogP contribution in [0.25, 0.3) is 0 Å². The number of rotatable bonds is 16. The predicted octanol–water partition coefficient (Wildman–Crippen LogP) is 4.70. The van der Waals surface area contributed by atoms with Gasteiger partial charge in [-0.2, -0.15) is 0 Å². The van der Waals surface area contributed by atoms with Crippen molar-refractivity contribution in [3.63, 3.8) is 0 Å². The van der Waals surface area contributed by atoms with E-state index in [-0.39, 0.29) is 50.7 Å². The molecule has 0 saturated carbocycles. The third-order valence-electron chi connectivity index (χ3n) is 8.38. The molecule has 1 fully saturated rings. The number of nitrogens with zero attached hydrogens (tertiary/aromatic N) is 3. The first-order chi connectivity index (χ1) is 23.1. The van der Waals surface area contributed by atoms with Crippen molar-refractivity contribution in [1.82, 2.24) is 20.0 Å². The largest absolute Gasteiger partial charge is 0.445 e. The summed E-state index contributed by atoms with van der Waals surface area (Å²) in [5, 5.41) is 14.4. The monoisotopic (exact) mass is 664 g/mol. The van der Waals surface area contributed by atoms with Crippen LogP contribution in [-0.2, 0) is 40.3 Å². The molecule has 1 aliphatic heterocycles. The Kier molecular flexibility index (Phi) is 13.9. The summed E-state index contributed by atoms with van der Waals surface area (Å²) in [5.74, 6) is -2.08. The second-order valence-electron chi connectivity index (χ2n) is 12.3. The van der Waals surface area contributed by atoms with Crippen molar-refractivity contribution in [3.05, 3.63) is 107 Å². The van der Waals surface area contributed by atoms with Crippen LogP contribution in [0.5, 0.6) is 0 Å². The molecule has 48 heavy (non-hydrogen) atoms. The molecule has 1 heterocycles. The molecule has 0 radical (unpaired) electrons. The van der Waals surface area contributed by atoms with Gasteiger partial charge in [0.05, 0.1) is 31.8 Å². The summed E-state index contributed by atoms with van der Waals surface area (Å²) in [4.78, 5) is 44.3. The number of unbranched alkanes of at least 4 members (excludes halogenated alkanes) is 1. The van der Waals surface area contributed by atoms with Gasteiger partial charge in [0.25, 0.3) is 0 Å². The van der Waals surface area contributed by atoms with E-state index in [1.165, 1.54) is 4.90 Å². The van der Waals surface area contributed by atoms with E-state index >= 15 is 0 Å². The van der Waals surface area contributed by atoms with Crippen molar-refractivity contribution in [2.75, 3.05) is 39.3 Å². The Hall–Kier alpha value is -4.35. The number of halogens is 2. The van der Waals surface area contributed by atoms with E-state index in [0.717, 1.165) is 54.2 Å². The van der Waals surface area contributed by atoms with Crippen LogP contribution in [0.4, 0.5) is 13.6 Å². The van der Waals surface area contributed by atoms with Crippen molar-refractivity contribution >= 4 is 17.9 Å². The van der Waals surface area contributed by atoms with Crippen molar-refractivity contribution in [3.8, 4) is 0 Å². The number of hydrogen-bond acceptors (Lipinski definition) is 6. The molecule has 0 aliphatic carbocycles. The topological polar surface area (TPSA) is 102 Å². The Morgan fingerprint density at radius 1 is 0.938 bits per heavy atom. The number of aliphatic hydroxyl groups excluding tert-OH is 1. The molecule has 9 nitrogen and oxygen atoms in total. The van der Waals surface area contributed by atoms with Gasteiger partial charge in [-0.15, -0.1) is 0 Å². The lowest BCUT2D eigenvalue weighted by Gasteiger charge is -2.34. The zero-order chi connectivity index (χ0) is 34.5. The summed E-state index contributed by atoms with van der Waals surface area (Å²) < 4.78 is 33.9. The third-order valence-corrected chi connectivity index (χ3v) is 8.38. The van der Waals surface area contributed by atoms with Gasteiger partial charge in [0, 0.05) is 32.2 Å². The van der Waals surface area contributed by atoms with Crippen molar-refractivity contribution in [1.29, 1.82) is 0 Å². The first kappa shape index (κ1) is 36.5. The number of hydrogen-bond donors (Lipinski definition) is 2. The van der Waals surface area contributed by atoms with Gasteiger partial charge in [0.2, 0.25) is 11.8 Å². The van der Waals surface area contributed by atoms with Gasteiger partial charge in [0.1, 0.15) is 18.2 Å². The second-order valence-corrected chi connectivity index (χ2v) is 12.3. The fourth-order valence-corrected chi connectivity index (χ4v) is 5.73. The third kappa shape index (κ3) is 11.4. The van der Waals surface area contributed by atoms with Crippen LogP contribution in [0.2, 0.25) is 0 Å². The molecule has 0 aromatic heterocycles. The molecule has 4 rings (SSSR count). The van der Waals surface area contributed by atoms with Gasteiger partial charge < -0.3 is 25.0 Å². The van der Waals surface area contributed by atoms with E-state index in [2.05, 4.69) is 12.2 Å². The van der Waals surface area contributed by atoms with Crippen LogP contribution in [0, 0.1) is 11.6 Å². The SMILES string of the molecule is CCCCN1CCN(CC(=O)NC(Cc2cc(F)cc(F)c2)C(O)CN(Cc2cccc(CC)c2)C(=O)OCc2ccccc2)CC1=O. The molecule has 3 aromatic carbocycles. The molecular weight excluding hydrogens is 618 g/mol. The molecular formula is C37H46F2N4O5. The highest BCUT2D eigenvalue weighted by Crippen LogP contribution is 2.16. The van der Waals surface area contributed by atoms with E-state index in [1.54, 1.807) is 9.80 Å². The lowest BCUT2D eigenvalue weighted by Crippen LogP contribution is -2.55. The summed E-state index contributed by atoms with van der Waals surface area (Å²) >= 11 is 0. The maximum absolute atomic E-state index is 14.1. The Bertz CT molecular complexity index is 1490. The fraction of sp³-hybridized carbons (Fsp3) is 0.432. The lowest BCUT2D eigenvalue weighted by molar-refractivity contribution is -0.137. The van der Waals surface area contributed by atoms with E-state index in [4.69, 9.17) is 4.74 Å². The molecule has 1 aliphatic rings. The van der Waals surface area contributed by atoms with Gasteiger partial charge >= 0.3 is 6.09 Å². The first-order valence-electron chi connectivity index (χ1n) is 16.6. The molecule has 258 valence electrons. The number of carbonyl (C=O) groups is 3. The number of aryl methyl sites for hydroxylation is 1. The van der Waals surface area contributed by atoms with E-state index < -0.39 is 35.8 Å². The quantitative estimate of drug-likeness (QED) is 0.230. The van der Waals surface area contributed by atoms with Crippen molar-refractivity contribution in [2.45, 2.75) is 64.8 Å². The normalized spacial score (nSPS) is 14.8. The van der Waals surface area contributed by atoms with Crippen molar-refractivity contribution in [2.24, 2.45) is 0 Å². The molecule has 3 aromatic rings. The van der Waals surface area contributed by atoms with E-state index in [0.29, 0.717) is 19.6 Å². The van der Waals surface area contributed by atoms with E-state index in [9.17, 15) is 28.3 Å². The minimum atomic E-state index is -1.34. The zero-order valence-corrected chi connectivity index (χ0v) is 27.7. The molecule has 0 spiro atoms. The summed E-state index contributed by atoms with van der Waals surface area (Å²) in [6.45, 7) is 5.71. The molecule has 0 bridgehead atoms. The Balaban J connectivity index is 1.50. The predicted molar refractivity (Wildman–Crippen MR) is 179 cm³/mol. The minimum absolute atomic E-state index is 0.0223. The average Bonchev–Trinajstić information content (AvgIpc) is 3.06. The zero-order valence-electron chi connectivity index (χ0n) is 27.7. The molecule has 2 atom stereocenters. The van der Waals surface area contributed by atoms with Crippen LogP contribution < -0.4 is 5.32 Å². The summed E-state index contributed by atoms with van der Waals surface area (Å²) in [7, 11) is 0. The van der Waals surface area contributed by atoms with Gasteiger partial charge in [-0.3, -0.25) is 14.5 Å². The van der Waals surface area contributed by atoms with Gasteiger partial charge in [-0.05, 0) is 53.6 Å². The fourth-order valence-electron chi connectivity index (χ4n) is 5.73. The number of amides is 3.